The van der Waals surface area contributed by atoms with E-state index in [0.29, 0.717) is 17.0 Å². The van der Waals surface area contributed by atoms with Gasteiger partial charge in [0.2, 0.25) is 11.7 Å². The predicted molar refractivity (Wildman–Crippen MR) is 101 cm³/mol. The lowest BCUT2D eigenvalue weighted by molar-refractivity contribution is -0.115. The van der Waals surface area contributed by atoms with Gasteiger partial charge >= 0.3 is 5.97 Å². The van der Waals surface area contributed by atoms with Crippen molar-refractivity contribution >= 4 is 17.6 Å². The molecule has 3 aromatic rings. The van der Waals surface area contributed by atoms with Crippen LogP contribution in [0.4, 0.5) is 5.69 Å². The van der Waals surface area contributed by atoms with Crippen LogP contribution in [0.25, 0.3) is 11.4 Å². The molecule has 9 heteroatoms. The minimum Gasteiger partial charge on any atom is -0.506 e. The second-order valence-electron chi connectivity index (χ2n) is 6.45. The Labute approximate surface area is 160 Å². The van der Waals surface area contributed by atoms with Crippen LogP contribution in [0, 0.1) is 0 Å². The van der Waals surface area contributed by atoms with E-state index >= 15 is 0 Å². The van der Waals surface area contributed by atoms with E-state index in [1.165, 1.54) is 23.0 Å². The van der Waals surface area contributed by atoms with Gasteiger partial charge in [-0.25, -0.2) is 4.79 Å². The van der Waals surface area contributed by atoms with Crippen molar-refractivity contribution in [2.45, 2.75) is 26.3 Å². The zero-order valence-corrected chi connectivity index (χ0v) is 15.3. The molecular weight excluding hydrogens is 362 g/mol. The number of carbonyl (C=O) groups is 2. The Bertz CT molecular complexity index is 1030. The normalized spacial score (nSPS) is 10.8. The molecule has 0 bridgehead atoms. The molecule has 3 rings (SSSR count). The zero-order chi connectivity index (χ0) is 20.3. The Morgan fingerprint density at radius 2 is 1.93 bits per heavy atom. The van der Waals surface area contributed by atoms with Crippen LogP contribution in [0.1, 0.15) is 35.8 Å². The van der Waals surface area contributed by atoms with Crippen LogP contribution < -0.4 is 5.32 Å². The third-order valence-corrected chi connectivity index (χ3v) is 4.02. The number of aromatic nitrogens is 4. The molecule has 1 heterocycles. The Hall–Kier alpha value is -3.75. The van der Waals surface area contributed by atoms with E-state index in [1.807, 2.05) is 13.8 Å². The highest BCUT2D eigenvalue weighted by molar-refractivity contribution is 5.97. The number of benzene rings is 2. The number of carboxylic acids is 1. The Morgan fingerprint density at radius 1 is 1.18 bits per heavy atom. The number of carbonyl (C=O) groups excluding carboxylic acids is 1. The van der Waals surface area contributed by atoms with Crippen LogP contribution in [0.2, 0.25) is 0 Å². The number of hydrogen-bond donors (Lipinski definition) is 3. The summed E-state index contributed by atoms with van der Waals surface area (Å²) in [5, 5.41) is 34.1. The van der Waals surface area contributed by atoms with Crippen molar-refractivity contribution in [1.82, 2.24) is 20.2 Å². The minimum absolute atomic E-state index is 0.0480. The van der Waals surface area contributed by atoms with Crippen LogP contribution in [-0.4, -0.2) is 42.3 Å². The molecule has 3 N–H and O–H groups in total. The zero-order valence-electron chi connectivity index (χ0n) is 15.3. The lowest BCUT2D eigenvalue weighted by Gasteiger charge is -2.10. The maximum absolute atomic E-state index is 12.4. The molecule has 0 fully saturated rings. The minimum atomic E-state index is -1.10. The average Bonchev–Trinajstić information content (AvgIpc) is 3.14. The summed E-state index contributed by atoms with van der Waals surface area (Å²) >= 11 is 0. The molecule has 0 aliphatic rings. The monoisotopic (exact) mass is 381 g/mol. The largest absolute Gasteiger partial charge is 0.506 e. The van der Waals surface area contributed by atoms with Gasteiger partial charge < -0.3 is 15.5 Å². The number of nitrogens with one attached hydrogen (secondary N) is 1. The average molecular weight is 381 g/mol. The molecule has 1 amide bonds. The molecule has 0 unspecified atom stereocenters. The van der Waals surface area contributed by atoms with Gasteiger partial charge in [-0.15, -0.1) is 10.2 Å². The molecule has 2 aromatic carbocycles. The Morgan fingerprint density at radius 3 is 2.61 bits per heavy atom. The number of carboxylic acid groups (broad SMARTS) is 1. The van der Waals surface area contributed by atoms with Gasteiger partial charge in [-0.2, -0.15) is 4.80 Å². The first-order chi connectivity index (χ1) is 13.3. The smallest absolute Gasteiger partial charge is 0.335 e. The van der Waals surface area contributed by atoms with Gasteiger partial charge in [0.05, 0.1) is 23.7 Å². The fraction of sp³-hybridized carbons (Fsp3) is 0.211. The number of phenols is 1. The summed E-state index contributed by atoms with van der Waals surface area (Å²) in [5.74, 6) is -1.33. The number of amides is 1. The Balaban J connectivity index is 1.80. The molecule has 0 aliphatic heterocycles. The van der Waals surface area contributed by atoms with Crippen LogP contribution in [0.15, 0.2) is 42.5 Å². The second kappa shape index (κ2) is 7.87. The number of anilines is 1. The fourth-order valence-corrected chi connectivity index (χ4v) is 2.59. The van der Waals surface area contributed by atoms with Crippen molar-refractivity contribution < 1.29 is 19.8 Å². The molecule has 0 saturated heterocycles. The molecule has 28 heavy (non-hydrogen) atoms. The van der Waals surface area contributed by atoms with E-state index in [2.05, 4.69) is 20.7 Å². The van der Waals surface area contributed by atoms with E-state index in [0.717, 1.165) is 0 Å². The third-order valence-electron chi connectivity index (χ3n) is 4.02. The molecule has 0 aliphatic carbocycles. The first-order valence-corrected chi connectivity index (χ1v) is 8.59. The van der Waals surface area contributed by atoms with Crippen LogP contribution in [-0.2, 0) is 11.2 Å². The van der Waals surface area contributed by atoms with E-state index in [4.69, 9.17) is 0 Å². The Kier molecular flexibility index (Phi) is 5.35. The van der Waals surface area contributed by atoms with Crippen molar-refractivity contribution in [3.05, 3.63) is 53.6 Å². The van der Waals surface area contributed by atoms with Gasteiger partial charge in [-0.05, 0) is 48.9 Å². The lowest BCUT2D eigenvalue weighted by Crippen LogP contribution is -2.16. The van der Waals surface area contributed by atoms with Crippen molar-refractivity contribution in [3.63, 3.8) is 0 Å². The summed E-state index contributed by atoms with van der Waals surface area (Å²) in [5.41, 5.74) is 1.19. The summed E-state index contributed by atoms with van der Waals surface area (Å²) in [6.07, 6.45) is -0.145. The molecule has 0 radical (unpaired) electrons. The fourth-order valence-electron chi connectivity index (χ4n) is 2.59. The summed E-state index contributed by atoms with van der Waals surface area (Å²) < 4.78 is 0. The molecule has 0 spiro atoms. The number of aromatic carboxylic acids is 1. The van der Waals surface area contributed by atoms with Crippen molar-refractivity contribution in [1.29, 1.82) is 0 Å². The number of rotatable bonds is 6. The van der Waals surface area contributed by atoms with Crippen LogP contribution in [0.5, 0.6) is 5.75 Å². The molecule has 0 atom stereocenters. The highest BCUT2D eigenvalue weighted by Gasteiger charge is 2.15. The van der Waals surface area contributed by atoms with Gasteiger partial charge in [-0.1, -0.05) is 18.2 Å². The third kappa shape index (κ3) is 4.14. The molecule has 0 saturated carbocycles. The summed E-state index contributed by atoms with van der Waals surface area (Å²) in [7, 11) is 0. The molecule has 1 aromatic heterocycles. The SMILES string of the molecule is CC(C)n1nnc(-c2ccc(O)c(NC(=O)Cc3ccccc3C(=O)O)c2)n1. The molecule has 144 valence electrons. The molecular formula is C19H19N5O4. The maximum Gasteiger partial charge on any atom is 0.335 e. The number of hydrogen-bond acceptors (Lipinski definition) is 6. The number of nitrogens with zero attached hydrogens (tertiary/aromatic N) is 4. The van der Waals surface area contributed by atoms with Gasteiger partial charge in [0, 0.05) is 5.56 Å². The number of aromatic hydroxyl groups is 1. The van der Waals surface area contributed by atoms with Crippen molar-refractivity contribution in [2.24, 2.45) is 0 Å². The van der Waals surface area contributed by atoms with E-state index in [1.54, 1.807) is 24.3 Å². The van der Waals surface area contributed by atoms with Crippen LogP contribution >= 0.6 is 0 Å². The standard InChI is InChI=1S/C19H19N5O4/c1-11(2)24-22-18(21-23-24)13-7-8-16(25)15(9-13)20-17(26)10-12-5-3-4-6-14(12)19(27)28/h3-9,11,25H,10H2,1-2H3,(H,20,26)(H,27,28). The number of phenolic OH excluding ortho intramolecular Hbond substituents is 1. The van der Waals surface area contributed by atoms with Gasteiger partial charge in [0.25, 0.3) is 0 Å². The van der Waals surface area contributed by atoms with Gasteiger partial charge in [0.1, 0.15) is 5.75 Å². The van der Waals surface area contributed by atoms with E-state index < -0.39 is 11.9 Å². The highest BCUT2D eigenvalue weighted by atomic mass is 16.4. The predicted octanol–water partition coefficient (Wildman–Crippen LogP) is 2.51. The summed E-state index contributed by atoms with van der Waals surface area (Å²) in [4.78, 5) is 25.1. The van der Waals surface area contributed by atoms with Gasteiger partial charge in [0.15, 0.2) is 0 Å². The number of tetrazole rings is 1. The maximum atomic E-state index is 12.4. The highest BCUT2D eigenvalue weighted by Crippen LogP contribution is 2.28. The topological polar surface area (TPSA) is 130 Å². The molecule has 9 nitrogen and oxygen atoms in total. The second-order valence-corrected chi connectivity index (χ2v) is 6.45. The van der Waals surface area contributed by atoms with E-state index in [9.17, 15) is 19.8 Å². The summed E-state index contributed by atoms with van der Waals surface area (Å²) in [6.45, 7) is 3.84. The summed E-state index contributed by atoms with van der Waals surface area (Å²) in [6, 6.07) is 10.9. The van der Waals surface area contributed by atoms with E-state index in [-0.39, 0.29) is 29.5 Å². The lowest BCUT2D eigenvalue weighted by atomic mass is 10.0. The van der Waals surface area contributed by atoms with Gasteiger partial charge in [-0.3, -0.25) is 4.79 Å². The van der Waals surface area contributed by atoms with Crippen LogP contribution in [0.3, 0.4) is 0 Å². The van der Waals surface area contributed by atoms with Crippen molar-refractivity contribution in [2.75, 3.05) is 5.32 Å². The quantitative estimate of drug-likeness (QED) is 0.559. The first kappa shape index (κ1) is 19.0. The first-order valence-electron chi connectivity index (χ1n) is 8.59. The van der Waals surface area contributed by atoms with Crippen molar-refractivity contribution in [3.8, 4) is 17.1 Å².